The molecule has 1 aliphatic rings. The van der Waals surface area contributed by atoms with Gasteiger partial charge in [0.15, 0.2) is 0 Å². The van der Waals surface area contributed by atoms with Crippen LogP contribution in [0.3, 0.4) is 0 Å². The number of carbonyl (C=O) groups is 1. The highest BCUT2D eigenvalue weighted by atomic mass is 32.2. The first kappa shape index (κ1) is 20.3. The first-order valence-electron chi connectivity index (χ1n) is 9.22. The van der Waals surface area contributed by atoms with Crippen LogP contribution in [0.5, 0.6) is 0 Å². The average molecular weight is 407 g/mol. The van der Waals surface area contributed by atoms with Gasteiger partial charge in [-0.1, -0.05) is 12.1 Å². The summed E-state index contributed by atoms with van der Waals surface area (Å²) in [6, 6.07) is 8.17. The summed E-state index contributed by atoms with van der Waals surface area (Å²) >= 11 is 0. The van der Waals surface area contributed by atoms with Crippen LogP contribution in [0.2, 0.25) is 0 Å². The van der Waals surface area contributed by atoms with Crippen molar-refractivity contribution in [3.8, 4) is 0 Å². The second kappa shape index (κ2) is 9.67. The summed E-state index contributed by atoms with van der Waals surface area (Å²) in [7, 11) is -3.50. The molecule has 0 spiro atoms. The Morgan fingerprint density at radius 2 is 1.89 bits per heavy atom. The lowest BCUT2D eigenvalue weighted by molar-refractivity contribution is 0.0730. The summed E-state index contributed by atoms with van der Waals surface area (Å²) in [4.78, 5) is 12.1. The number of rotatable bonds is 8. The molecule has 1 aromatic carbocycles. The number of urea groups is 1. The summed E-state index contributed by atoms with van der Waals surface area (Å²) in [5, 5.41) is 9.65. The highest BCUT2D eigenvalue weighted by Gasteiger charge is 2.26. The van der Waals surface area contributed by atoms with Crippen LogP contribution < -0.4 is 10.6 Å². The zero-order chi connectivity index (χ0) is 19.8. The molecule has 1 aliphatic heterocycles. The van der Waals surface area contributed by atoms with E-state index in [4.69, 9.17) is 4.74 Å². The number of ether oxygens (including phenoxy) is 1. The van der Waals surface area contributed by atoms with E-state index in [1.807, 2.05) is 16.9 Å². The number of aromatic nitrogens is 2. The van der Waals surface area contributed by atoms with E-state index >= 15 is 0 Å². The fourth-order valence-electron chi connectivity index (χ4n) is 2.84. The predicted octanol–water partition coefficient (Wildman–Crippen LogP) is 0.794. The van der Waals surface area contributed by atoms with Crippen LogP contribution >= 0.6 is 0 Å². The molecule has 10 heteroatoms. The van der Waals surface area contributed by atoms with E-state index in [0.717, 1.165) is 18.5 Å². The van der Waals surface area contributed by atoms with Gasteiger partial charge in [-0.05, 0) is 30.2 Å². The van der Waals surface area contributed by atoms with Gasteiger partial charge in [0.2, 0.25) is 10.0 Å². The second-order valence-electron chi connectivity index (χ2n) is 6.39. The zero-order valence-electron chi connectivity index (χ0n) is 15.6. The van der Waals surface area contributed by atoms with Crippen LogP contribution in [0.4, 0.5) is 4.79 Å². The molecule has 3 rings (SSSR count). The smallest absolute Gasteiger partial charge is 0.315 e. The standard InChI is InChI=1S/C18H25N5O4S/c24-18(19-7-1-9-22-10-2-8-21-22)20-15-16-3-5-17(6-4-16)28(25,26)23-11-13-27-14-12-23/h2-6,8,10H,1,7,9,11-15H2,(H2,19,20,24). The summed E-state index contributed by atoms with van der Waals surface area (Å²) < 4.78 is 33.6. The van der Waals surface area contributed by atoms with Crippen molar-refractivity contribution in [2.24, 2.45) is 0 Å². The lowest BCUT2D eigenvalue weighted by atomic mass is 10.2. The minimum atomic E-state index is -3.50. The molecule has 2 N–H and O–H groups in total. The van der Waals surface area contributed by atoms with Gasteiger partial charge in [-0.15, -0.1) is 0 Å². The van der Waals surface area contributed by atoms with E-state index < -0.39 is 10.0 Å². The number of nitrogens with zero attached hydrogens (tertiary/aromatic N) is 3. The summed E-state index contributed by atoms with van der Waals surface area (Å²) in [6.07, 6.45) is 4.38. The molecule has 0 atom stereocenters. The van der Waals surface area contributed by atoms with Crippen LogP contribution in [0, 0.1) is 0 Å². The number of morpholine rings is 1. The molecule has 2 amide bonds. The van der Waals surface area contributed by atoms with Crippen molar-refractivity contribution < 1.29 is 17.9 Å². The van der Waals surface area contributed by atoms with Gasteiger partial charge in [-0.3, -0.25) is 4.68 Å². The number of nitrogens with one attached hydrogen (secondary N) is 2. The van der Waals surface area contributed by atoms with Crippen molar-refractivity contribution in [1.29, 1.82) is 0 Å². The Balaban J connectivity index is 1.41. The first-order valence-corrected chi connectivity index (χ1v) is 10.7. The molecular weight excluding hydrogens is 382 g/mol. The zero-order valence-corrected chi connectivity index (χ0v) is 16.4. The number of aryl methyl sites for hydroxylation is 1. The number of sulfonamides is 1. The van der Waals surface area contributed by atoms with Gasteiger partial charge in [0.1, 0.15) is 0 Å². The van der Waals surface area contributed by atoms with Crippen LogP contribution in [0.15, 0.2) is 47.6 Å². The third kappa shape index (κ3) is 5.54. The molecule has 1 fully saturated rings. The quantitative estimate of drug-likeness (QED) is 0.630. The van der Waals surface area contributed by atoms with Crippen LogP contribution in [-0.4, -0.2) is 61.4 Å². The average Bonchev–Trinajstić information content (AvgIpc) is 3.24. The minimum absolute atomic E-state index is 0.251. The van der Waals surface area contributed by atoms with Gasteiger partial charge in [0.25, 0.3) is 0 Å². The summed E-state index contributed by atoms with van der Waals surface area (Å²) in [5.41, 5.74) is 0.826. The van der Waals surface area contributed by atoms with E-state index in [-0.39, 0.29) is 10.9 Å². The number of benzene rings is 1. The van der Waals surface area contributed by atoms with E-state index in [0.29, 0.717) is 39.4 Å². The molecule has 2 heterocycles. The maximum atomic E-state index is 12.6. The number of amides is 2. The van der Waals surface area contributed by atoms with Crippen molar-refractivity contribution in [1.82, 2.24) is 24.7 Å². The van der Waals surface area contributed by atoms with Crippen molar-refractivity contribution in [3.63, 3.8) is 0 Å². The Morgan fingerprint density at radius 1 is 1.14 bits per heavy atom. The van der Waals surface area contributed by atoms with Crippen LogP contribution in [-0.2, 0) is 27.8 Å². The Hall–Kier alpha value is -2.43. The van der Waals surface area contributed by atoms with Gasteiger partial charge >= 0.3 is 6.03 Å². The van der Waals surface area contributed by atoms with Crippen molar-refractivity contribution in [2.75, 3.05) is 32.8 Å². The molecule has 9 nitrogen and oxygen atoms in total. The Morgan fingerprint density at radius 3 is 2.57 bits per heavy atom. The summed E-state index contributed by atoms with van der Waals surface area (Å²) in [6.45, 7) is 3.17. The van der Waals surface area contributed by atoms with Crippen LogP contribution in [0.25, 0.3) is 0 Å². The molecule has 0 radical (unpaired) electrons. The third-order valence-corrected chi connectivity index (χ3v) is 6.31. The number of hydrogen-bond donors (Lipinski definition) is 2. The Labute approximate surface area is 164 Å². The van der Waals surface area contributed by atoms with Crippen molar-refractivity contribution in [2.45, 2.75) is 24.4 Å². The largest absolute Gasteiger partial charge is 0.379 e. The van der Waals surface area contributed by atoms with E-state index in [9.17, 15) is 13.2 Å². The Bertz CT molecular complexity index is 847. The van der Waals surface area contributed by atoms with Crippen molar-refractivity contribution >= 4 is 16.1 Å². The first-order chi connectivity index (χ1) is 13.6. The lowest BCUT2D eigenvalue weighted by Gasteiger charge is -2.26. The lowest BCUT2D eigenvalue weighted by Crippen LogP contribution is -2.40. The van der Waals surface area contributed by atoms with Crippen LogP contribution in [0.1, 0.15) is 12.0 Å². The molecule has 1 saturated heterocycles. The second-order valence-corrected chi connectivity index (χ2v) is 8.33. The monoisotopic (exact) mass is 407 g/mol. The van der Waals surface area contributed by atoms with E-state index in [2.05, 4.69) is 15.7 Å². The Kier molecular flexibility index (Phi) is 7.01. The molecule has 0 unspecified atom stereocenters. The van der Waals surface area contributed by atoms with Crippen molar-refractivity contribution in [3.05, 3.63) is 48.3 Å². The maximum absolute atomic E-state index is 12.6. The van der Waals surface area contributed by atoms with Gasteiger partial charge in [0.05, 0.1) is 18.1 Å². The number of carbonyl (C=O) groups excluding carboxylic acids is 1. The topological polar surface area (TPSA) is 106 Å². The fraction of sp³-hybridized carbons (Fsp3) is 0.444. The predicted molar refractivity (Wildman–Crippen MR) is 103 cm³/mol. The molecule has 152 valence electrons. The normalized spacial score (nSPS) is 15.3. The minimum Gasteiger partial charge on any atom is -0.379 e. The maximum Gasteiger partial charge on any atom is 0.315 e. The van der Waals surface area contributed by atoms with Gasteiger partial charge < -0.3 is 15.4 Å². The SMILES string of the molecule is O=C(NCCCn1cccn1)NCc1ccc(S(=O)(=O)N2CCOCC2)cc1. The molecule has 0 saturated carbocycles. The molecule has 1 aromatic heterocycles. The third-order valence-electron chi connectivity index (χ3n) is 4.39. The van der Waals surface area contributed by atoms with Gasteiger partial charge in [-0.2, -0.15) is 9.40 Å². The fourth-order valence-corrected chi connectivity index (χ4v) is 4.24. The highest BCUT2D eigenvalue weighted by molar-refractivity contribution is 7.89. The highest BCUT2D eigenvalue weighted by Crippen LogP contribution is 2.17. The molecule has 0 bridgehead atoms. The van der Waals surface area contributed by atoms with Gasteiger partial charge in [-0.25, -0.2) is 13.2 Å². The van der Waals surface area contributed by atoms with E-state index in [1.54, 1.807) is 30.5 Å². The molecule has 0 aliphatic carbocycles. The number of hydrogen-bond acceptors (Lipinski definition) is 5. The summed E-state index contributed by atoms with van der Waals surface area (Å²) in [5.74, 6) is 0. The van der Waals surface area contributed by atoms with E-state index in [1.165, 1.54) is 4.31 Å². The molecular formula is C18H25N5O4S. The van der Waals surface area contributed by atoms with Gasteiger partial charge in [0, 0.05) is 45.1 Å². The molecule has 2 aromatic rings. The molecule has 28 heavy (non-hydrogen) atoms.